The standard InChI is InChI=1S/C27H34N2O4/c1-5-16-32-24-11-7-10-23(18-24)25(30)29-14-12-21(13-15-29)22-9-6-8-20(17-22)19-28-26(31)33-27(2,3)4/h5-11,17-18,21H,1,12-16,19H2,2-4H3,(H,28,31). The maximum Gasteiger partial charge on any atom is 0.407 e. The number of carbonyl (C=O) groups excluding carboxylic acids is 2. The van der Waals surface area contributed by atoms with E-state index < -0.39 is 11.7 Å². The number of ether oxygens (including phenoxy) is 2. The van der Waals surface area contributed by atoms with Crippen LogP contribution in [0.3, 0.4) is 0 Å². The van der Waals surface area contributed by atoms with Crippen LogP contribution in [0.15, 0.2) is 61.2 Å². The molecule has 0 unspecified atom stereocenters. The SMILES string of the molecule is C=CCOc1cccc(C(=O)N2CCC(c3cccc(CNC(=O)OC(C)(C)C)c3)CC2)c1. The molecule has 6 heteroatoms. The second kappa shape index (κ2) is 11.0. The van der Waals surface area contributed by atoms with Gasteiger partial charge in [-0.1, -0.05) is 43.0 Å². The van der Waals surface area contributed by atoms with Crippen LogP contribution < -0.4 is 10.1 Å². The molecule has 0 aromatic heterocycles. The summed E-state index contributed by atoms with van der Waals surface area (Å²) in [6.07, 6.45) is 3.07. The molecule has 6 nitrogen and oxygen atoms in total. The van der Waals surface area contributed by atoms with Crippen LogP contribution in [0.1, 0.15) is 61.0 Å². The number of carbonyl (C=O) groups is 2. The van der Waals surface area contributed by atoms with Crippen molar-refractivity contribution in [1.29, 1.82) is 0 Å². The molecule has 1 fully saturated rings. The van der Waals surface area contributed by atoms with E-state index in [1.54, 1.807) is 12.1 Å². The zero-order valence-corrected chi connectivity index (χ0v) is 19.8. The number of likely N-dealkylation sites (tertiary alicyclic amines) is 1. The van der Waals surface area contributed by atoms with Crippen LogP contribution >= 0.6 is 0 Å². The van der Waals surface area contributed by atoms with Crippen LogP contribution in [0, 0.1) is 0 Å². The molecule has 0 aliphatic carbocycles. The molecule has 2 aromatic rings. The monoisotopic (exact) mass is 450 g/mol. The van der Waals surface area contributed by atoms with Crippen molar-refractivity contribution < 1.29 is 19.1 Å². The van der Waals surface area contributed by atoms with Crippen molar-refractivity contribution in [3.8, 4) is 5.75 Å². The molecule has 1 saturated heterocycles. The Balaban J connectivity index is 1.54. The van der Waals surface area contributed by atoms with Gasteiger partial charge < -0.3 is 19.7 Å². The van der Waals surface area contributed by atoms with E-state index in [0.29, 0.717) is 43.5 Å². The Hall–Kier alpha value is -3.28. The number of alkyl carbamates (subject to hydrolysis) is 1. The Kier molecular flexibility index (Phi) is 8.15. The molecular weight excluding hydrogens is 416 g/mol. The minimum Gasteiger partial charge on any atom is -0.490 e. The number of amides is 2. The van der Waals surface area contributed by atoms with Gasteiger partial charge in [0.2, 0.25) is 0 Å². The number of rotatable bonds is 7. The van der Waals surface area contributed by atoms with Gasteiger partial charge in [0.1, 0.15) is 18.0 Å². The van der Waals surface area contributed by atoms with E-state index in [4.69, 9.17) is 9.47 Å². The van der Waals surface area contributed by atoms with E-state index in [9.17, 15) is 9.59 Å². The third-order valence-corrected chi connectivity index (χ3v) is 5.49. The Bertz CT molecular complexity index is 972. The predicted molar refractivity (Wildman–Crippen MR) is 130 cm³/mol. The summed E-state index contributed by atoms with van der Waals surface area (Å²) < 4.78 is 10.9. The van der Waals surface area contributed by atoms with Gasteiger partial charge >= 0.3 is 6.09 Å². The van der Waals surface area contributed by atoms with Gasteiger partial charge in [-0.25, -0.2) is 4.79 Å². The van der Waals surface area contributed by atoms with Crippen molar-refractivity contribution in [2.24, 2.45) is 0 Å². The fourth-order valence-electron chi connectivity index (χ4n) is 3.92. The fourth-order valence-corrected chi connectivity index (χ4v) is 3.92. The lowest BCUT2D eigenvalue weighted by Crippen LogP contribution is -2.38. The first-order valence-corrected chi connectivity index (χ1v) is 11.4. The number of piperidine rings is 1. The number of nitrogens with zero attached hydrogens (tertiary/aromatic N) is 1. The van der Waals surface area contributed by atoms with Crippen molar-refractivity contribution >= 4 is 12.0 Å². The molecule has 1 heterocycles. The topological polar surface area (TPSA) is 67.9 Å². The van der Waals surface area contributed by atoms with Gasteiger partial charge in [0.15, 0.2) is 0 Å². The van der Waals surface area contributed by atoms with Gasteiger partial charge in [0.25, 0.3) is 5.91 Å². The number of nitrogens with one attached hydrogen (secondary N) is 1. The van der Waals surface area contributed by atoms with Crippen LogP contribution in [0.4, 0.5) is 4.79 Å². The molecule has 0 radical (unpaired) electrons. The molecule has 2 aromatic carbocycles. The van der Waals surface area contributed by atoms with Gasteiger partial charge in [-0.3, -0.25) is 4.79 Å². The minimum absolute atomic E-state index is 0.0350. The highest BCUT2D eigenvalue weighted by molar-refractivity contribution is 5.94. The van der Waals surface area contributed by atoms with Gasteiger partial charge in [0, 0.05) is 25.2 Å². The van der Waals surface area contributed by atoms with E-state index in [2.05, 4.69) is 24.0 Å². The smallest absolute Gasteiger partial charge is 0.407 e. The molecule has 0 saturated carbocycles. The predicted octanol–water partition coefficient (Wildman–Crippen LogP) is 5.30. The summed E-state index contributed by atoms with van der Waals surface area (Å²) in [6.45, 7) is 11.4. The van der Waals surface area contributed by atoms with Crippen molar-refractivity contribution in [2.45, 2.75) is 51.7 Å². The van der Waals surface area contributed by atoms with Crippen LogP contribution in [0.25, 0.3) is 0 Å². The molecule has 2 amide bonds. The fraction of sp³-hybridized carbons (Fsp3) is 0.407. The number of benzene rings is 2. The maximum absolute atomic E-state index is 13.0. The van der Waals surface area contributed by atoms with E-state index in [1.807, 2.05) is 56.0 Å². The Morgan fingerprint density at radius 3 is 2.55 bits per heavy atom. The largest absolute Gasteiger partial charge is 0.490 e. The Labute approximate surface area is 196 Å². The summed E-state index contributed by atoms with van der Waals surface area (Å²) in [5.74, 6) is 1.10. The van der Waals surface area contributed by atoms with Gasteiger partial charge in [-0.05, 0) is 68.9 Å². The Morgan fingerprint density at radius 2 is 1.85 bits per heavy atom. The summed E-state index contributed by atoms with van der Waals surface area (Å²) in [5, 5.41) is 2.81. The van der Waals surface area contributed by atoms with E-state index in [-0.39, 0.29) is 5.91 Å². The molecule has 1 aliphatic heterocycles. The highest BCUT2D eigenvalue weighted by atomic mass is 16.6. The van der Waals surface area contributed by atoms with Crippen LogP contribution in [0.5, 0.6) is 5.75 Å². The van der Waals surface area contributed by atoms with Crippen LogP contribution in [-0.2, 0) is 11.3 Å². The number of hydrogen-bond acceptors (Lipinski definition) is 4. The molecule has 33 heavy (non-hydrogen) atoms. The van der Waals surface area contributed by atoms with Crippen molar-refractivity contribution in [3.05, 3.63) is 77.9 Å². The van der Waals surface area contributed by atoms with Crippen molar-refractivity contribution in [2.75, 3.05) is 19.7 Å². The first-order valence-electron chi connectivity index (χ1n) is 11.4. The normalized spacial score (nSPS) is 14.5. The lowest BCUT2D eigenvalue weighted by atomic mass is 9.88. The van der Waals surface area contributed by atoms with Crippen molar-refractivity contribution in [1.82, 2.24) is 10.2 Å². The Morgan fingerprint density at radius 1 is 1.12 bits per heavy atom. The summed E-state index contributed by atoms with van der Waals surface area (Å²) in [5.41, 5.74) is 2.40. The molecule has 3 rings (SSSR count). The average Bonchev–Trinajstić information content (AvgIpc) is 2.80. The number of hydrogen-bond donors (Lipinski definition) is 1. The second-order valence-corrected chi connectivity index (χ2v) is 9.29. The zero-order chi connectivity index (χ0) is 23.8. The van der Waals surface area contributed by atoms with Crippen LogP contribution in [-0.4, -0.2) is 42.2 Å². The first-order chi connectivity index (χ1) is 15.7. The average molecular weight is 451 g/mol. The van der Waals surface area contributed by atoms with Crippen LogP contribution in [0.2, 0.25) is 0 Å². The zero-order valence-electron chi connectivity index (χ0n) is 19.8. The van der Waals surface area contributed by atoms with Crippen molar-refractivity contribution in [3.63, 3.8) is 0 Å². The van der Waals surface area contributed by atoms with Gasteiger partial charge in [-0.15, -0.1) is 0 Å². The third kappa shape index (κ3) is 7.38. The highest BCUT2D eigenvalue weighted by Crippen LogP contribution is 2.29. The third-order valence-electron chi connectivity index (χ3n) is 5.49. The lowest BCUT2D eigenvalue weighted by molar-refractivity contribution is 0.0523. The van der Waals surface area contributed by atoms with E-state index in [1.165, 1.54) is 5.56 Å². The molecule has 1 aliphatic rings. The molecule has 0 bridgehead atoms. The van der Waals surface area contributed by atoms with Gasteiger partial charge in [-0.2, -0.15) is 0 Å². The first kappa shape index (κ1) is 24.4. The van der Waals surface area contributed by atoms with E-state index in [0.717, 1.165) is 18.4 Å². The summed E-state index contributed by atoms with van der Waals surface area (Å²) in [4.78, 5) is 26.8. The lowest BCUT2D eigenvalue weighted by Gasteiger charge is -2.32. The molecule has 176 valence electrons. The molecular formula is C27H34N2O4. The highest BCUT2D eigenvalue weighted by Gasteiger charge is 2.25. The summed E-state index contributed by atoms with van der Waals surface area (Å²) in [6, 6.07) is 15.6. The quantitative estimate of drug-likeness (QED) is 0.582. The molecule has 1 N–H and O–H groups in total. The second-order valence-electron chi connectivity index (χ2n) is 9.29. The summed E-state index contributed by atoms with van der Waals surface area (Å²) in [7, 11) is 0. The molecule has 0 spiro atoms. The molecule has 0 atom stereocenters. The minimum atomic E-state index is -0.517. The van der Waals surface area contributed by atoms with E-state index >= 15 is 0 Å². The van der Waals surface area contributed by atoms with Gasteiger partial charge in [0.05, 0.1) is 0 Å². The maximum atomic E-state index is 13.0. The summed E-state index contributed by atoms with van der Waals surface area (Å²) >= 11 is 0.